The summed E-state index contributed by atoms with van der Waals surface area (Å²) in [5.74, 6) is 0. The Morgan fingerprint density at radius 3 is 2.00 bits per heavy atom. The second-order valence-electron chi connectivity index (χ2n) is 4.79. The Morgan fingerprint density at radius 1 is 1.05 bits per heavy atom. The molecule has 3 N–H and O–H groups in total. The van der Waals surface area contributed by atoms with Crippen molar-refractivity contribution in [3.8, 4) is 0 Å². The highest BCUT2D eigenvalue weighted by molar-refractivity contribution is 7.85. The molecule has 0 saturated heterocycles. The highest BCUT2D eigenvalue weighted by atomic mass is 32.2. The SMILES string of the molecule is CCC(NO)c1ccccc1.Cc1ccc(S(=O)(=O)O)cc1. The zero-order valence-corrected chi connectivity index (χ0v) is 13.4. The Labute approximate surface area is 131 Å². The summed E-state index contributed by atoms with van der Waals surface area (Å²) in [5.41, 5.74) is 4.35. The largest absolute Gasteiger partial charge is 0.316 e. The molecule has 2 rings (SSSR count). The highest BCUT2D eigenvalue weighted by Crippen LogP contribution is 2.14. The minimum atomic E-state index is -4.02. The van der Waals surface area contributed by atoms with Crippen LogP contribution in [0.5, 0.6) is 0 Å². The van der Waals surface area contributed by atoms with Crippen LogP contribution in [0.2, 0.25) is 0 Å². The number of aryl methyl sites for hydroxylation is 1. The maximum Gasteiger partial charge on any atom is 0.294 e. The van der Waals surface area contributed by atoms with Gasteiger partial charge in [0, 0.05) is 0 Å². The van der Waals surface area contributed by atoms with Crippen LogP contribution in [0.25, 0.3) is 0 Å². The van der Waals surface area contributed by atoms with E-state index in [4.69, 9.17) is 9.76 Å². The minimum absolute atomic E-state index is 0.0659. The van der Waals surface area contributed by atoms with Gasteiger partial charge in [-0.1, -0.05) is 55.0 Å². The van der Waals surface area contributed by atoms with Gasteiger partial charge in [0.2, 0.25) is 0 Å². The standard InChI is InChI=1S/C9H13NO.C7H8O3S/c1-2-9(10-11)8-6-4-3-5-7-8;1-6-2-4-7(5-3-6)11(8,9)10/h3-7,9-11H,2H2,1H3;2-5H,1H3,(H,8,9,10). The van der Waals surface area contributed by atoms with Crippen molar-refractivity contribution in [2.75, 3.05) is 0 Å². The molecular weight excluding hydrogens is 302 g/mol. The maximum absolute atomic E-state index is 10.5. The van der Waals surface area contributed by atoms with E-state index in [9.17, 15) is 8.42 Å². The Morgan fingerprint density at radius 2 is 1.59 bits per heavy atom. The highest BCUT2D eigenvalue weighted by Gasteiger charge is 2.07. The summed E-state index contributed by atoms with van der Waals surface area (Å²) in [6.45, 7) is 3.87. The van der Waals surface area contributed by atoms with Crippen molar-refractivity contribution in [3.63, 3.8) is 0 Å². The first-order valence-corrected chi connectivity index (χ1v) is 8.31. The lowest BCUT2D eigenvalue weighted by molar-refractivity contribution is 0.124. The van der Waals surface area contributed by atoms with E-state index in [2.05, 4.69) is 5.48 Å². The van der Waals surface area contributed by atoms with E-state index in [0.717, 1.165) is 17.5 Å². The van der Waals surface area contributed by atoms with Crippen molar-refractivity contribution in [1.29, 1.82) is 0 Å². The number of rotatable bonds is 4. The predicted octanol–water partition coefficient (Wildman–Crippen LogP) is 3.36. The lowest BCUT2D eigenvalue weighted by Crippen LogP contribution is -2.15. The second-order valence-corrected chi connectivity index (χ2v) is 6.21. The molecule has 0 bridgehead atoms. The van der Waals surface area contributed by atoms with Gasteiger partial charge < -0.3 is 5.21 Å². The van der Waals surface area contributed by atoms with Crippen LogP contribution in [0, 0.1) is 6.92 Å². The molecule has 1 unspecified atom stereocenters. The summed E-state index contributed by atoms with van der Waals surface area (Å²) in [4.78, 5) is -0.0666. The van der Waals surface area contributed by atoms with E-state index >= 15 is 0 Å². The third kappa shape index (κ3) is 5.95. The van der Waals surface area contributed by atoms with Crippen LogP contribution in [0.1, 0.15) is 30.5 Å². The summed E-state index contributed by atoms with van der Waals surface area (Å²) >= 11 is 0. The van der Waals surface area contributed by atoms with Gasteiger partial charge in [-0.3, -0.25) is 4.55 Å². The minimum Gasteiger partial charge on any atom is -0.316 e. The van der Waals surface area contributed by atoms with Gasteiger partial charge in [0.25, 0.3) is 10.1 Å². The maximum atomic E-state index is 10.5. The third-order valence-corrected chi connectivity index (χ3v) is 3.95. The van der Waals surface area contributed by atoms with Crippen molar-refractivity contribution in [3.05, 3.63) is 65.7 Å². The van der Waals surface area contributed by atoms with Gasteiger partial charge in [-0.2, -0.15) is 13.9 Å². The van der Waals surface area contributed by atoms with Crippen LogP contribution < -0.4 is 5.48 Å². The van der Waals surface area contributed by atoms with E-state index < -0.39 is 10.1 Å². The number of nitrogens with one attached hydrogen (secondary N) is 1. The zero-order chi connectivity index (χ0) is 16.6. The van der Waals surface area contributed by atoms with Crippen LogP contribution in [0.4, 0.5) is 0 Å². The Kier molecular flexibility index (Phi) is 7.20. The molecule has 6 heteroatoms. The molecule has 0 aromatic heterocycles. The molecule has 5 nitrogen and oxygen atoms in total. The quantitative estimate of drug-likeness (QED) is 0.593. The fourth-order valence-corrected chi connectivity index (χ4v) is 2.28. The lowest BCUT2D eigenvalue weighted by atomic mass is 10.1. The molecule has 0 aliphatic heterocycles. The van der Waals surface area contributed by atoms with E-state index in [1.165, 1.54) is 12.1 Å². The fraction of sp³-hybridized carbons (Fsp3) is 0.250. The van der Waals surface area contributed by atoms with Crippen molar-refractivity contribution in [2.24, 2.45) is 0 Å². The summed E-state index contributed by atoms with van der Waals surface area (Å²) in [6.07, 6.45) is 0.889. The predicted molar refractivity (Wildman–Crippen MR) is 85.4 cm³/mol. The van der Waals surface area contributed by atoms with E-state index in [1.807, 2.05) is 44.2 Å². The molecular formula is C16H21NO4S. The van der Waals surface area contributed by atoms with Crippen molar-refractivity contribution in [2.45, 2.75) is 31.2 Å². The Bertz CT molecular complexity index is 650. The van der Waals surface area contributed by atoms with Crippen LogP contribution in [-0.4, -0.2) is 18.2 Å². The smallest absolute Gasteiger partial charge is 0.294 e. The van der Waals surface area contributed by atoms with Gasteiger partial charge in [-0.15, -0.1) is 0 Å². The van der Waals surface area contributed by atoms with Gasteiger partial charge >= 0.3 is 0 Å². The van der Waals surface area contributed by atoms with Crippen LogP contribution in [-0.2, 0) is 10.1 Å². The van der Waals surface area contributed by atoms with E-state index in [0.29, 0.717) is 0 Å². The molecule has 0 radical (unpaired) electrons. The molecule has 0 aliphatic rings. The Balaban J connectivity index is 0.000000220. The molecule has 0 aliphatic carbocycles. The van der Waals surface area contributed by atoms with Crippen LogP contribution >= 0.6 is 0 Å². The number of hydrogen-bond donors (Lipinski definition) is 3. The summed E-state index contributed by atoms with van der Waals surface area (Å²) in [7, 11) is -4.02. The molecule has 1 atom stereocenters. The first-order valence-electron chi connectivity index (χ1n) is 6.87. The zero-order valence-electron chi connectivity index (χ0n) is 12.6. The molecule has 22 heavy (non-hydrogen) atoms. The first-order chi connectivity index (χ1) is 10.4. The summed E-state index contributed by atoms with van der Waals surface area (Å²) in [6, 6.07) is 15.9. The van der Waals surface area contributed by atoms with Crippen molar-refractivity contribution >= 4 is 10.1 Å². The summed E-state index contributed by atoms with van der Waals surface area (Å²) in [5, 5.41) is 8.73. The average molecular weight is 323 g/mol. The molecule has 0 amide bonds. The first kappa shape index (κ1) is 18.3. The monoisotopic (exact) mass is 323 g/mol. The average Bonchev–Trinajstić information content (AvgIpc) is 2.50. The number of hydrogen-bond acceptors (Lipinski definition) is 4. The number of benzene rings is 2. The van der Waals surface area contributed by atoms with Gasteiger partial charge in [0.1, 0.15) is 0 Å². The van der Waals surface area contributed by atoms with Gasteiger partial charge in [-0.25, -0.2) is 0 Å². The molecule has 0 spiro atoms. The van der Waals surface area contributed by atoms with Crippen LogP contribution in [0.15, 0.2) is 59.5 Å². The molecule has 2 aromatic carbocycles. The topological polar surface area (TPSA) is 86.6 Å². The second kappa shape index (κ2) is 8.65. The lowest BCUT2D eigenvalue weighted by Gasteiger charge is -2.11. The van der Waals surface area contributed by atoms with Gasteiger partial charge in [-0.05, 0) is 31.0 Å². The van der Waals surface area contributed by atoms with Crippen molar-refractivity contribution in [1.82, 2.24) is 5.48 Å². The summed E-state index contributed by atoms with van der Waals surface area (Å²) < 4.78 is 29.6. The number of hydroxylamine groups is 1. The molecule has 0 saturated carbocycles. The molecule has 120 valence electrons. The van der Waals surface area contributed by atoms with Gasteiger partial charge in [0.15, 0.2) is 0 Å². The fourth-order valence-electron chi connectivity index (χ4n) is 1.80. The third-order valence-electron chi connectivity index (χ3n) is 3.08. The molecule has 0 fully saturated rings. The van der Waals surface area contributed by atoms with Crippen LogP contribution in [0.3, 0.4) is 0 Å². The van der Waals surface area contributed by atoms with Crippen molar-refractivity contribution < 1.29 is 18.2 Å². The normalized spacial score (nSPS) is 12.2. The molecule has 0 heterocycles. The molecule has 2 aromatic rings. The Hall–Kier alpha value is -1.73. The van der Waals surface area contributed by atoms with E-state index in [-0.39, 0.29) is 10.9 Å². The van der Waals surface area contributed by atoms with Gasteiger partial charge in [0.05, 0.1) is 10.9 Å². The van der Waals surface area contributed by atoms with E-state index in [1.54, 1.807) is 12.1 Å².